The Hall–Kier alpha value is -0.820. The van der Waals surface area contributed by atoms with E-state index in [0.29, 0.717) is 11.5 Å². The summed E-state index contributed by atoms with van der Waals surface area (Å²) in [6.45, 7) is 5.90. The van der Waals surface area contributed by atoms with Crippen LogP contribution in [0.3, 0.4) is 0 Å². The second-order valence-electron chi connectivity index (χ2n) is 7.40. The maximum atomic E-state index is 3.84. The van der Waals surface area contributed by atoms with Gasteiger partial charge in [0.2, 0.25) is 0 Å². The molecule has 0 bridgehead atoms. The highest BCUT2D eigenvalue weighted by Gasteiger charge is 2.31. The predicted molar refractivity (Wildman–Crippen MR) is 90.7 cm³/mol. The first-order valence-electron chi connectivity index (χ1n) is 9.07. The van der Waals surface area contributed by atoms with Crippen molar-refractivity contribution in [3.8, 4) is 0 Å². The predicted octanol–water partition coefficient (Wildman–Crippen LogP) is 5.19. The molecule has 1 aromatic rings. The van der Waals surface area contributed by atoms with Crippen LogP contribution in [0, 0.1) is 5.41 Å². The number of rotatable bonds is 5. The Morgan fingerprint density at radius 2 is 1.76 bits per heavy atom. The molecule has 116 valence electrons. The molecular weight excluding hydrogens is 254 g/mol. The Balaban J connectivity index is 1.63. The van der Waals surface area contributed by atoms with Crippen LogP contribution >= 0.6 is 0 Å². The molecule has 1 nitrogen and oxygen atoms in total. The molecule has 0 amide bonds. The minimum Gasteiger partial charge on any atom is -0.310 e. The van der Waals surface area contributed by atoms with E-state index in [-0.39, 0.29) is 0 Å². The van der Waals surface area contributed by atoms with Crippen molar-refractivity contribution in [1.29, 1.82) is 0 Å². The van der Waals surface area contributed by atoms with E-state index in [1.165, 1.54) is 69.9 Å². The van der Waals surface area contributed by atoms with Gasteiger partial charge in [0.1, 0.15) is 0 Å². The van der Waals surface area contributed by atoms with E-state index in [0.717, 1.165) is 0 Å². The first kappa shape index (κ1) is 15.1. The van der Waals surface area contributed by atoms with Crippen molar-refractivity contribution in [1.82, 2.24) is 5.32 Å². The van der Waals surface area contributed by atoms with Crippen molar-refractivity contribution >= 4 is 0 Å². The molecule has 1 aromatic carbocycles. The quantitative estimate of drug-likeness (QED) is 0.785. The molecule has 1 heteroatoms. The highest BCUT2D eigenvalue weighted by atomic mass is 14.9. The Labute approximate surface area is 130 Å². The summed E-state index contributed by atoms with van der Waals surface area (Å²) in [5.41, 5.74) is 5.28. The molecule has 3 rings (SSSR count). The molecule has 1 atom stereocenters. The number of hydrogen-bond acceptors (Lipinski definition) is 1. The van der Waals surface area contributed by atoms with Gasteiger partial charge in [-0.3, -0.25) is 0 Å². The van der Waals surface area contributed by atoms with Crippen LogP contribution in [0.4, 0.5) is 0 Å². The Morgan fingerprint density at radius 1 is 1.05 bits per heavy atom. The molecule has 21 heavy (non-hydrogen) atoms. The lowest BCUT2D eigenvalue weighted by molar-refractivity contribution is 0.259. The summed E-state index contributed by atoms with van der Waals surface area (Å²) in [4.78, 5) is 0. The fourth-order valence-electron chi connectivity index (χ4n) is 4.29. The van der Waals surface area contributed by atoms with Gasteiger partial charge in [0, 0.05) is 12.6 Å². The van der Waals surface area contributed by atoms with Crippen LogP contribution in [-0.4, -0.2) is 6.54 Å². The zero-order valence-electron chi connectivity index (χ0n) is 13.9. The Kier molecular flexibility index (Phi) is 4.69. The monoisotopic (exact) mass is 285 g/mol. The number of fused-ring (bicyclic) bond motifs is 1. The van der Waals surface area contributed by atoms with Gasteiger partial charge in [-0.2, -0.15) is 0 Å². The summed E-state index contributed by atoms with van der Waals surface area (Å²) < 4.78 is 0. The average Bonchev–Trinajstić information content (AvgIpc) is 3.01. The third-order valence-electron chi connectivity index (χ3n) is 6.07. The molecule has 0 aromatic heterocycles. The second-order valence-corrected chi connectivity index (χ2v) is 7.40. The molecule has 1 unspecified atom stereocenters. The maximum Gasteiger partial charge on any atom is 0.0292 e. The summed E-state index contributed by atoms with van der Waals surface area (Å²) in [5.74, 6) is 0. The molecule has 0 heterocycles. The summed E-state index contributed by atoms with van der Waals surface area (Å²) in [5, 5.41) is 3.84. The maximum absolute atomic E-state index is 3.84. The molecule has 1 N–H and O–H groups in total. The van der Waals surface area contributed by atoms with Crippen molar-refractivity contribution in [2.45, 2.75) is 77.7 Å². The highest BCUT2D eigenvalue weighted by Crippen LogP contribution is 2.40. The van der Waals surface area contributed by atoms with E-state index in [9.17, 15) is 0 Å². The largest absolute Gasteiger partial charge is 0.310 e. The molecule has 2 aliphatic rings. The van der Waals surface area contributed by atoms with Crippen LogP contribution in [0.1, 0.15) is 81.5 Å². The molecule has 1 saturated carbocycles. The second kappa shape index (κ2) is 6.52. The molecule has 1 fully saturated rings. The molecule has 0 aliphatic heterocycles. The van der Waals surface area contributed by atoms with Crippen LogP contribution in [0.25, 0.3) is 0 Å². The van der Waals surface area contributed by atoms with Crippen LogP contribution < -0.4 is 5.32 Å². The first-order valence-corrected chi connectivity index (χ1v) is 9.07. The number of hydrogen-bond donors (Lipinski definition) is 1. The van der Waals surface area contributed by atoms with Gasteiger partial charge in [-0.05, 0) is 74.0 Å². The molecule has 0 spiro atoms. The normalized spacial score (nSPS) is 22.0. The van der Waals surface area contributed by atoms with Crippen molar-refractivity contribution in [2.75, 3.05) is 6.54 Å². The molecular formula is C20H31N. The average molecular weight is 285 g/mol. The van der Waals surface area contributed by atoms with Gasteiger partial charge in [0.25, 0.3) is 0 Å². The molecule has 2 aliphatic carbocycles. The fourth-order valence-corrected chi connectivity index (χ4v) is 4.29. The molecule has 0 saturated heterocycles. The van der Waals surface area contributed by atoms with Gasteiger partial charge in [0.15, 0.2) is 0 Å². The standard InChI is InChI=1S/C20H31N/c1-3-20(12-6-7-13-20)15-21-16(2)18-11-10-17-8-4-5-9-19(17)14-18/h10-11,14,16,21H,3-9,12-13,15H2,1-2H3. The van der Waals surface area contributed by atoms with Gasteiger partial charge in [-0.1, -0.05) is 38.0 Å². The van der Waals surface area contributed by atoms with E-state index < -0.39 is 0 Å². The number of aryl methyl sites for hydroxylation is 2. The Bertz CT molecular complexity index is 471. The van der Waals surface area contributed by atoms with E-state index in [1.807, 2.05) is 0 Å². The summed E-state index contributed by atoms with van der Waals surface area (Å²) in [7, 11) is 0. The van der Waals surface area contributed by atoms with Gasteiger partial charge in [0.05, 0.1) is 0 Å². The van der Waals surface area contributed by atoms with Gasteiger partial charge < -0.3 is 5.32 Å². The van der Waals surface area contributed by atoms with E-state index in [1.54, 1.807) is 11.1 Å². The lowest BCUT2D eigenvalue weighted by Crippen LogP contribution is -2.33. The Morgan fingerprint density at radius 3 is 2.48 bits per heavy atom. The number of benzene rings is 1. The summed E-state index contributed by atoms with van der Waals surface area (Å²) in [6.07, 6.45) is 12.4. The SMILES string of the molecule is CCC1(CNC(C)c2ccc3c(c2)CCCC3)CCCC1. The lowest BCUT2D eigenvalue weighted by atomic mass is 9.83. The first-order chi connectivity index (χ1) is 10.2. The fraction of sp³-hybridized carbons (Fsp3) is 0.700. The van der Waals surface area contributed by atoms with Gasteiger partial charge in [-0.25, -0.2) is 0 Å². The van der Waals surface area contributed by atoms with Crippen molar-refractivity contribution in [3.63, 3.8) is 0 Å². The van der Waals surface area contributed by atoms with E-state index in [2.05, 4.69) is 37.4 Å². The van der Waals surface area contributed by atoms with Crippen molar-refractivity contribution < 1.29 is 0 Å². The van der Waals surface area contributed by atoms with Crippen molar-refractivity contribution in [3.05, 3.63) is 34.9 Å². The smallest absolute Gasteiger partial charge is 0.0292 e. The zero-order valence-corrected chi connectivity index (χ0v) is 13.9. The highest BCUT2D eigenvalue weighted by molar-refractivity contribution is 5.35. The lowest BCUT2D eigenvalue weighted by Gasteiger charge is -2.30. The van der Waals surface area contributed by atoms with Gasteiger partial charge in [-0.15, -0.1) is 0 Å². The minimum atomic E-state index is 0.487. The van der Waals surface area contributed by atoms with Crippen LogP contribution in [0.15, 0.2) is 18.2 Å². The summed E-state index contributed by atoms with van der Waals surface area (Å²) >= 11 is 0. The third kappa shape index (κ3) is 3.34. The number of nitrogens with one attached hydrogen (secondary N) is 1. The van der Waals surface area contributed by atoms with E-state index >= 15 is 0 Å². The van der Waals surface area contributed by atoms with E-state index in [4.69, 9.17) is 0 Å². The van der Waals surface area contributed by atoms with Crippen LogP contribution in [0.5, 0.6) is 0 Å². The zero-order chi connectivity index (χ0) is 14.7. The van der Waals surface area contributed by atoms with Gasteiger partial charge >= 0.3 is 0 Å². The minimum absolute atomic E-state index is 0.487. The topological polar surface area (TPSA) is 12.0 Å². The van der Waals surface area contributed by atoms with Crippen molar-refractivity contribution in [2.24, 2.45) is 5.41 Å². The van der Waals surface area contributed by atoms with Crippen LogP contribution in [-0.2, 0) is 12.8 Å². The molecule has 0 radical (unpaired) electrons. The third-order valence-corrected chi connectivity index (χ3v) is 6.07. The summed E-state index contributed by atoms with van der Waals surface area (Å²) in [6, 6.07) is 7.70. The van der Waals surface area contributed by atoms with Crippen LogP contribution in [0.2, 0.25) is 0 Å².